The van der Waals surface area contributed by atoms with Crippen molar-refractivity contribution in [3.8, 4) is 0 Å². The highest BCUT2D eigenvalue weighted by Gasteiger charge is 2.43. The van der Waals surface area contributed by atoms with Gasteiger partial charge in [-0.25, -0.2) is 0 Å². The Morgan fingerprint density at radius 2 is 1.88 bits per heavy atom. The molecule has 1 rings (SSSR count). The van der Waals surface area contributed by atoms with Crippen molar-refractivity contribution >= 4 is 11.8 Å². The summed E-state index contributed by atoms with van der Waals surface area (Å²) in [7, 11) is 0. The van der Waals surface area contributed by atoms with Crippen molar-refractivity contribution in [1.82, 2.24) is 10.2 Å². The van der Waals surface area contributed by atoms with Gasteiger partial charge >= 0.3 is 0 Å². The molecule has 1 N–H and O–H groups in total. The molecule has 2 amide bonds. The fourth-order valence-corrected chi connectivity index (χ4v) is 2.23. The predicted octanol–water partition coefficient (Wildman–Crippen LogP) is 1.55. The van der Waals surface area contributed by atoms with Crippen LogP contribution in [0.4, 0.5) is 0 Å². The van der Waals surface area contributed by atoms with E-state index in [2.05, 4.69) is 19.2 Å². The summed E-state index contributed by atoms with van der Waals surface area (Å²) in [5.74, 6) is 0.602. The first kappa shape index (κ1) is 14.0. The molecular formula is C13H24N2O2. The second kappa shape index (κ2) is 5.52. The summed E-state index contributed by atoms with van der Waals surface area (Å²) in [4.78, 5) is 25.8. The molecule has 1 heterocycles. The Hall–Kier alpha value is -1.06. The van der Waals surface area contributed by atoms with Crippen molar-refractivity contribution in [2.24, 2.45) is 5.92 Å². The molecule has 0 aromatic rings. The van der Waals surface area contributed by atoms with E-state index in [0.29, 0.717) is 25.3 Å². The maximum atomic E-state index is 12.4. The van der Waals surface area contributed by atoms with E-state index in [0.717, 1.165) is 6.42 Å². The second-order valence-electron chi connectivity index (χ2n) is 5.25. The van der Waals surface area contributed by atoms with E-state index in [1.807, 2.05) is 13.8 Å². The third kappa shape index (κ3) is 2.99. The molecule has 0 unspecified atom stereocenters. The van der Waals surface area contributed by atoms with Gasteiger partial charge in [0.25, 0.3) is 0 Å². The van der Waals surface area contributed by atoms with Gasteiger partial charge < -0.3 is 10.2 Å². The van der Waals surface area contributed by atoms with Crippen LogP contribution < -0.4 is 5.32 Å². The van der Waals surface area contributed by atoms with Crippen LogP contribution in [0.15, 0.2) is 0 Å². The molecule has 0 aromatic heterocycles. The smallest absolute Gasteiger partial charge is 0.248 e. The first-order chi connectivity index (χ1) is 7.95. The topological polar surface area (TPSA) is 49.4 Å². The number of carbonyl (C=O) groups is 2. The van der Waals surface area contributed by atoms with Crippen molar-refractivity contribution in [2.75, 3.05) is 13.1 Å². The lowest BCUT2D eigenvalue weighted by Gasteiger charge is -2.41. The van der Waals surface area contributed by atoms with E-state index in [-0.39, 0.29) is 18.4 Å². The summed E-state index contributed by atoms with van der Waals surface area (Å²) >= 11 is 0. The zero-order valence-electron chi connectivity index (χ0n) is 11.4. The largest absolute Gasteiger partial charge is 0.340 e. The Morgan fingerprint density at radius 3 is 2.35 bits per heavy atom. The minimum absolute atomic E-state index is 0.0305. The third-order valence-electron chi connectivity index (χ3n) is 3.59. The molecule has 17 heavy (non-hydrogen) atoms. The van der Waals surface area contributed by atoms with Gasteiger partial charge in [0.15, 0.2) is 0 Å². The fourth-order valence-electron chi connectivity index (χ4n) is 2.23. The summed E-state index contributed by atoms with van der Waals surface area (Å²) in [6.07, 6.45) is 2.26. The molecule has 98 valence electrons. The van der Waals surface area contributed by atoms with Gasteiger partial charge in [-0.2, -0.15) is 0 Å². The first-order valence-electron chi connectivity index (χ1n) is 6.55. The molecule has 1 aliphatic rings. The Balaban J connectivity index is 2.78. The van der Waals surface area contributed by atoms with Crippen LogP contribution in [-0.2, 0) is 9.59 Å². The summed E-state index contributed by atoms with van der Waals surface area (Å²) < 4.78 is 0. The van der Waals surface area contributed by atoms with E-state index in [4.69, 9.17) is 0 Å². The molecule has 1 saturated heterocycles. The molecule has 4 nitrogen and oxygen atoms in total. The number of carbonyl (C=O) groups excluding carboxylic acids is 2. The van der Waals surface area contributed by atoms with E-state index in [9.17, 15) is 9.59 Å². The maximum absolute atomic E-state index is 12.4. The van der Waals surface area contributed by atoms with Crippen LogP contribution in [0.25, 0.3) is 0 Å². The van der Waals surface area contributed by atoms with Crippen LogP contribution in [0.3, 0.4) is 0 Å². The second-order valence-corrected chi connectivity index (χ2v) is 5.25. The van der Waals surface area contributed by atoms with Gasteiger partial charge in [-0.05, 0) is 25.2 Å². The monoisotopic (exact) mass is 240 g/mol. The lowest BCUT2D eigenvalue weighted by molar-refractivity contribution is -0.150. The number of nitrogens with zero attached hydrogens (tertiary/aromatic N) is 1. The molecule has 0 radical (unpaired) electrons. The van der Waals surface area contributed by atoms with Crippen molar-refractivity contribution < 1.29 is 9.59 Å². The standard InChI is InChI=1S/C13H24N2O2/c1-5-13(6-2)12(17)15(8-7-10(3)4)9-11(16)14-13/h10H,5-9H2,1-4H3,(H,14,16). The molecular weight excluding hydrogens is 216 g/mol. The number of piperazine rings is 1. The predicted molar refractivity (Wildman–Crippen MR) is 67.5 cm³/mol. The first-order valence-corrected chi connectivity index (χ1v) is 6.55. The minimum atomic E-state index is -0.660. The summed E-state index contributed by atoms with van der Waals surface area (Å²) in [6, 6.07) is 0. The highest BCUT2D eigenvalue weighted by molar-refractivity contribution is 5.97. The normalized spacial score (nSPS) is 19.7. The molecule has 0 bridgehead atoms. The zero-order chi connectivity index (χ0) is 13.1. The van der Waals surface area contributed by atoms with Gasteiger partial charge in [0.05, 0.1) is 6.54 Å². The van der Waals surface area contributed by atoms with Crippen LogP contribution in [0.5, 0.6) is 0 Å². The lowest BCUT2D eigenvalue weighted by Crippen LogP contribution is -2.66. The summed E-state index contributed by atoms with van der Waals surface area (Å²) in [5.41, 5.74) is -0.660. The van der Waals surface area contributed by atoms with Gasteiger partial charge in [-0.3, -0.25) is 9.59 Å². The fraction of sp³-hybridized carbons (Fsp3) is 0.846. The van der Waals surface area contributed by atoms with Gasteiger partial charge in [0, 0.05) is 6.54 Å². The Labute approximate surface area is 104 Å². The summed E-state index contributed by atoms with van der Waals surface area (Å²) in [6.45, 7) is 9.06. The van der Waals surface area contributed by atoms with Gasteiger partial charge in [0.1, 0.15) is 5.54 Å². The third-order valence-corrected chi connectivity index (χ3v) is 3.59. The van der Waals surface area contributed by atoms with Gasteiger partial charge in [-0.1, -0.05) is 27.7 Å². The molecule has 0 saturated carbocycles. The molecule has 0 aliphatic carbocycles. The quantitative estimate of drug-likeness (QED) is 0.792. The highest BCUT2D eigenvalue weighted by atomic mass is 16.2. The average molecular weight is 240 g/mol. The zero-order valence-corrected chi connectivity index (χ0v) is 11.4. The lowest BCUT2D eigenvalue weighted by atomic mass is 9.88. The number of rotatable bonds is 5. The van der Waals surface area contributed by atoms with Crippen molar-refractivity contribution in [1.29, 1.82) is 0 Å². The molecule has 4 heteroatoms. The Kier molecular flexibility index (Phi) is 4.54. The van der Waals surface area contributed by atoms with E-state index in [1.54, 1.807) is 4.90 Å². The molecule has 0 atom stereocenters. The maximum Gasteiger partial charge on any atom is 0.248 e. The number of nitrogens with one attached hydrogen (secondary N) is 1. The van der Waals surface area contributed by atoms with Crippen LogP contribution in [0.2, 0.25) is 0 Å². The van der Waals surface area contributed by atoms with Crippen molar-refractivity contribution in [2.45, 2.75) is 52.5 Å². The number of amides is 2. The van der Waals surface area contributed by atoms with Crippen LogP contribution in [0.1, 0.15) is 47.0 Å². The van der Waals surface area contributed by atoms with E-state index < -0.39 is 5.54 Å². The van der Waals surface area contributed by atoms with Crippen molar-refractivity contribution in [3.63, 3.8) is 0 Å². The van der Waals surface area contributed by atoms with Gasteiger partial charge in [0.2, 0.25) is 11.8 Å². The summed E-state index contributed by atoms with van der Waals surface area (Å²) in [5, 5.41) is 2.87. The number of hydrogen-bond donors (Lipinski definition) is 1. The average Bonchev–Trinajstić information content (AvgIpc) is 2.29. The Bertz CT molecular complexity index is 296. The molecule has 0 spiro atoms. The molecule has 1 aliphatic heterocycles. The highest BCUT2D eigenvalue weighted by Crippen LogP contribution is 2.22. The van der Waals surface area contributed by atoms with Gasteiger partial charge in [-0.15, -0.1) is 0 Å². The SMILES string of the molecule is CCC1(CC)NC(=O)CN(CCC(C)C)C1=O. The minimum Gasteiger partial charge on any atom is -0.340 e. The number of hydrogen-bond acceptors (Lipinski definition) is 2. The van der Waals surface area contributed by atoms with Crippen LogP contribution in [-0.4, -0.2) is 35.3 Å². The van der Waals surface area contributed by atoms with E-state index >= 15 is 0 Å². The van der Waals surface area contributed by atoms with Crippen LogP contribution in [0, 0.1) is 5.92 Å². The van der Waals surface area contributed by atoms with E-state index in [1.165, 1.54) is 0 Å². The van der Waals surface area contributed by atoms with Crippen molar-refractivity contribution in [3.05, 3.63) is 0 Å². The molecule has 0 aromatic carbocycles. The Morgan fingerprint density at radius 1 is 1.29 bits per heavy atom. The van der Waals surface area contributed by atoms with Crippen LogP contribution >= 0.6 is 0 Å². The molecule has 1 fully saturated rings.